The maximum Gasteiger partial charge on any atom is 0.250 e. The molecule has 0 radical (unpaired) electrons. The molecule has 0 aliphatic carbocycles. The van der Waals surface area contributed by atoms with E-state index >= 15 is 0 Å². The van der Waals surface area contributed by atoms with Gasteiger partial charge in [-0.1, -0.05) is 11.6 Å². The lowest BCUT2D eigenvalue weighted by Gasteiger charge is -2.09. The Hall–Kier alpha value is -0.440. The molecule has 0 spiro atoms. The van der Waals surface area contributed by atoms with Gasteiger partial charge in [0.25, 0.3) is 0 Å². The van der Waals surface area contributed by atoms with Crippen molar-refractivity contribution in [2.24, 2.45) is 0 Å². The normalized spacial score (nSPS) is 13.6. The highest BCUT2D eigenvalue weighted by molar-refractivity contribution is 7.91. The van der Waals surface area contributed by atoms with E-state index in [9.17, 15) is 13.5 Å². The number of nitrogens with one attached hydrogen (secondary N) is 1. The molecule has 4 nitrogen and oxygen atoms in total. The molecule has 0 aromatic carbocycles. The molecule has 2 aromatic rings. The van der Waals surface area contributed by atoms with Crippen molar-refractivity contribution < 1.29 is 13.5 Å². The van der Waals surface area contributed by atoms with Gasteiger partial charge >= 0.3 is 0 Å². The average Bonchev–Trinajstić information content (AvgIpc) is 2.99. The number of hydrogen-bond acceptors (Lipinski definition) is 5. The predicted molar refractivity (Wildman–Crippen MR) is 78.4 cm³/mol. The van der Waals surface area contributed by atoms with Gasteiger partial charge in [-0.3, -0.25) is 0 Å². The molecular formula is C11H12ClNO3S3. The molecule has 2 aromatic heterocycles. The third-order valence-electron chi connectivity index (χ3n) is 2.45. The van der Waals surface area contributed by atoms with Gasteiger partial charge in [0.05, 0.1) is 10.4 Å². The monoisotopic (exact) mass is 337 g/mol. The van der Waals surface area contributed by atoms with E-state index in [1.165, 1.54) is 17.4 Å². The number of halogens is 1. The number of hydrogen-bond donors (Lipinski definition) is 2. The molecule has 2 heterocycles. The molecule has 0 saturated carbocycles. The lowest BCUT2D eigenvalue weighted by Crippen LogP contribution is -2.25. The van der Waals surface area contributed by atoms with Crippen LogP contribution in [0, 0.1) is 0 Å². The van der Waals surface area contributed by atoms with E-state index in [0.717, 1.165) is 16.9 Å². The average molecular weight is 338 g/mol. The van der Waals surface area contributed by atoms with Crippen molar-refractivity contribution in [3.05, 3.63) is 38.9 Å². The zero-order valence-corrected chi connectivity index (χ0v) is 13.0. The van der Waals surface area contributed by atoms with Gasteiger partial charge in [-0.25, -0.2) is 13.1 Å². The van der Waals surface area contributed by atoms with Crippen LogP contribution in [0.4, 0.5) is 0 Å². The van der Waals surface area contributed by atoms with Crippen LogP contribution in [0.25, 0.3) is 0 Å². The summed E-state index contributed by atoms with van der Waals surface area (Å²) in [5, 5.41) is 13.6. The van der Waals surface area contributed by atoms with Crippen LogP contribution in [0.1, 0.15) is 18.1 Å². The molecule has 8 heteroatoms. The maximum atomic E-state index is 11.9. The largest absolute Gasteiger partial charge is 0.388 e. The lowest BCUT2D eigenvalue weighted by atomic mass is 10.1. The van der Waals surface area contributed by atoms with Crippen LogP contribution < -0.4 is 4.72 Å². The van der Waals surface area contributed by atoms with Crippen molar-refractivity contribution in [2.75, 3.05) is 6.54 Å². The van der Waals surface area contributed by atoms with Crippen molar-refractivity contribution in [3.8, 4) is 0 Å². The first kappa shape index (κ1) is 15.0. The fourth-order valence-electron chi connectivity index (χ4n) is 1.47. The molecule has 0 fully saturated rings. The van der Waals surface area contributed by atoms with Crippen LogP contribution in [0.15, 0.2) is 33.2 Å². The first-order valence-electron chi connectivity index (χ1n) is 5.44. The van der Waals surface area contributed by atoms with Gasteiger partial charge in [0.1, 0.15) is 4.21 Å². The van der Waals surface area contributed by atoms with E-state index in [1.807, 2.05) is 16.8 Å². The summed E-state index contributed by atoms with van der Waals surface area (Å²) >= 11 is 8.21. The van der Waals surface area contributed by atoms with Crippen LogP contribution in [-0.2, 0) is 10.0 Å². The van der Waals surface area contributed by atoms with Crippen molar-refractivity contribution in [1.29, 1.82) is 0 Å². The second kappa shape index (κ2) is 6.34. The van der Waals surface area contributed by atoms with Crippen LogP contribution in [0.2, 0.25) is 4.34 Å². The van der Waals surface area contributed by atoms with E-state index in [2.05, 4.69) is 4.72 Å². The highest BCUT2D eigenvalue weighted by atomic mass is 35.5. The molecule has 1 atom stereocenters. The summed E-state index contributed by atoms with van der Waals surface area (Å²) in [6, 6.07) is 4.83. The summed E-state index contributed by atoms with van der Waals surface area (Å²) < 4.78 is 26.8. The number of aliphatic hydroxyl groups excluding tert-OH is 1. The van der Waals surface area contributed by atoms with E-state index in [1.54, 1.807) is 6.07 Å². The minimum absolute atomic E-state index is 0.175. The van der Waals surface area contributed by atoms with Gasteiger partial charge in [-0.15, -0.1) is 11.3 Å². The van der Waals surface area contributed by atoms with E-state index in [0.29, 0.717) is 10.8 Å². The second-order valence-electron chi connectivity index (χ2n) is 3.82. The van der Waals surface area contributed by atoms with Gasteiger partial charge in [0.15, 0.2) is 0 Å². The highest BCUT2D eigenvalue weighted by Gasteiger charge is 2.17. The Labute approximate surface area is 124 Å². The summed E-state index contributed by atoms with van der Waals surface area (Å²) in [7, 11) is -3.53. The summed E-state index contributed by atoms with van der Waals surface area (Å²) in [5.41, 5.74) is 0.809. The first-order chi connectivity index (χ1) is 8.99. The summed E-state index contributed by atoms with van der Waals surface area (Å²) in [5.74, 6) is 0. The zero-order chi connectivity index (χ0) is 13.9. The Balaban J connectivity index is 1.89. The number of thiophene rings is 2. The van der Waals surface area contributed by atoms with Gasteiger partial charge in [-0.05, 0) is 40.9 Å². The van der Waals surface area contributed by atoms with Crippen LogP contribution >= 0.6 is 34.3 Å². The molecule has 0 amide bonds. The smallest absolute Gasteiger partial charge is 0.250 e. The van der Waals surface area contributed by atoms with Gasteiger partial charge < -0.3 is 5.11 Å². The SMILES string of the molecule is O=S(=O)(NCCC(O)c1ccsc1)c1ccc(Cl)s1. The van der Waals surface area contributed by atoms with E-state index in [-0.39, 0.29) is 10.8 Å². The molecule has 104 valence electrons. The Morgan fingerprint density at radius 1 is 1.37 bits per heavy atom. The van der Waals surface area contributed by atoms with E-state index in [4.69, 9.17) is 11.6 Å². The minimum Gasteiger partial charge on any atom is -0.388 e. The number of rotatable bonds is 6. The number of aliphatic hydroxyl groups is 1. The molecular weight excluding hydrogens is 326 g/mol. The third kappa shape index (κ3) is 4.01. The van der Waals surface area contributed by atoms with Crippen LogP contribution in [0.5, 0.6) is 0 Å². The lowest BCUT2D eigenvalue weighted by molar-refractivity contribution is 0.169. The highest BCUT2D eigenvalue weighted by Crippen LogP contribution is 2.25. The predicted octanol–water partition coefficient (Wildman–Crippen LogP) is 2.87. The topological polar surface area (TPSA) is 66.4 Å². The van der Waals surface area contributed by atoms with Gasteiger partial charge in [-0.2, -0.15) is 11.3 Å². The van der Waals surface area contributed by atoms with Gasteiger partial charge in [0, 0.05) is 6.54 Å². The molecule has 2 N–H and O–H groups in total. The molecule has 0 saturated heterocycles. The summed E-state index contributed by atoms with van der Waals surface area (Å²) in [4.78, 5) is 0. The first-order valence-corrected chi connectivity index (χ1v) is 9.06. The standard InChI is InChI=1S/C11H12ClNO3S3/c12-10-1-2-11(18-10)19(15,16)13-5-3-9(14)8-4-6-17-7-8/h1-2,4,6-7,9,13-14H,3,5H2. The second-order valence-corrected chi connectivity index (χ2v) is 8.31. The molecule has 1 unspecified atom stereocenters. The van der Waals surface area contributed by atoms with Crippen molar-refractivity contribution in [1.82, 2.24) is 4.72 Å². The Morgan fingerprint density at radius 3 is 2.74 bits per heavy atom. The Kier molecular flexibility index (Phi) is 4.99. The van der Waals surface area contributed by atoms with Crippen molar-refractivity contribution >= 4 is 44.3 Å². The van der Waals surface area contributed by atoms with Crippen LogP contribution in [0.3, 0.4) is 0 Å². The molecule has 0 bridgehead atoms. The Bertz CT molecular complexity index is 621. The molecule has 0 aliphatic heterocycles. The summed E-state index contributed by atoms with van der Waals surface area (Å²) in [6.45, 7) is 0.175. The van der Waals surface area contributed by atoms with Crippen molar-refractivity contribution in [3.63, 3.8) is 0 Å². The molecule has 2 rings (SSSR count). The van der Waals surface area contributed by atoms with Gasteiger partial charge in [0.2, 0.25) is 10.0 Å². The quantitative estimate of drug-likeness (QED) is 0.851. The maximum absolute atomic E-state index is 11.9. The fourth-order valence-corrected chi connectivity index (χ4v) is 4.76. The fraction of sp³-hybridized carbons (Fsp3) is 0.273. The third-order valence-corrected chi connectivity index (χ3v) is 6.34. The summed E-state index contributed by atoms with van der Waals surface area (Å²) in [6.07, 6.45) is -0.324. The molecule has 0 aliphatic rings. The van der Waals surface area contributed by atoms with E-state index < -0.39 is 16.1 Å². The minimum atomic E-state index is -3.53. The molecule has 19 heavy (non-hydrogen) atoms. The number of sulfonamides is 1. The Morgan fingerprint density at radius 2 is 2.16 bits per heavy atom. The van der Waals surface area contributed by atoms with Crippen molar-refractivity contribution in [2.45, 2.75) is 16.7 Å². The zero-order valence-electron chi connectivity index (χ0n) is 9.74. The van der Waals surface area contributed by atoms with Crippen LogP contribution in [-0.4, -0.2) is 20.1 Å².